The number of carbonyl (C=O) groups excluding carboxylic acids is 2. The quantitative estimate of drug-likeness (QED) is 0.463. The lowest BCUT2D eigenvalue weighted by atomic mass is 10.1. The lowest BCUT2D eigenvalue weighted by Gasteiger charge is -2.25. The highest BCUT2D eigenvalue weighted by molar-refractivity contribution is 6.05. The van der Waals surface area contributed by atoms with Crippen molar-refractivity contribution in [2.45, 2.75) is 26.5 Å². The van der Waals surface area contributed by atoms with Crippen molar-refractivity contribution >= 4 is 17.6 Å². The van der Waals surface area contributed by atoms with Gasteiger partial charge in [-0.05, 0) is 32.9 Å². The number of carbonyl (C=O) groups is 2. The second-order valence-electron chi connectivity index (χ2n) is 4.14. The Hall–Kier alpha value is -2.08. The summed E-state index contributed by atoms with van der Waals surface area (Å²) >= 11 is 0. The molecule has 0 radical (unpaired) electrons. The van der Waals surface area contributed by atoms with Crippen LogP contribution in [-0.4, -0.2) is 36.0 Å². The molecule has 2 N–H and O–H groups in total. The lowest BCUT2D eigenvalue weighted by Crippen LogP contribution is -2.55. The molecule has 0 heterocycles. The van der Waals surface area contributed by atoms with Gasteiger partial charge in [0.25, 0.3) is 0 Å². The average Bonchev–Trinajstić information content (AvgIpc) is 2.41. The van der Waals surface area contributed by atoms with Gasteiger partial charge >= 0.3 is 17.7 Å². The smallest absolute Gasteiger partial charge is 0.372 e. The molecule has 0 unspecified atom stereocenters. The molecule has 0 bridgehead atoms. The number of aliphatic hydroxyl groups is 1. The fourth-order valence-electron chi connectivity index (χ4n) is 1.50. The zero-order chi connectivity index (χ0) is 15.2. The number of rotatable bonds is 6. The Bertz CT molecular complexity index is 451. The summed E-state index contributed by atoms with van der Waals surface area (Å²) in [6.45, 7) is 5.13. The van der Waals surface area contributed by atoms with E-state index in [0.29, 0.717) is 5.69 Å². The number of hydrogen-bond donors (Lipinski definition) is 2. The number of benzene rings is 1. The Morgan fingerprint density at radius 3 is 1.95 bits per heavy atom. The van der Waals surface area contributed by atoms with Gasteiger partial charge in [-0.1, -0.05) is 17.7 Å². The maximum Gasteiger partial charge on any atom is 0.372 e. The van der Waals surface area contributed by atoms with Crippen molar-refractivity contribution in [2.24, 2.45) is 0 Å². The van der Waals surface area contributed by atoms with Crippen molar-refractivity contribution in [3.05, 3.63) is 29.8 Å². The van der Waals surface area contributed by atoms with Gasteiger partial charge in [0.1, 0.15) is 0 Å². The van der Waals surface area contributed by atoms with Gasteiger partial charge in [-0.25, -0.2) is 9.59 Å². The van der Waals surface area contributed by atoms with E-state index in [1.165, 1.54) is 0 Å². The lowest BCUT2D eigenvalue weighted by molar-refractivity contribution is -0.179. The third-order valence-electron chi connectivity index (χ3n) is 2.52. The van der Waals surface area contributed by atoms with Crippen LogP contribution in [0.1, 0.15) is 19.4 Å². The predicted octanol–water partition coefficient (Wildman–Crippen LogP) is 1.22. The molecule has 0 spiro atoms. The van der Waals surface area contributed by atoms with E-state index in [9.17, 15) is 14.7 Å². The summed E-state index contributed by atoms with van der Waals surface area (Å²) in [7, 11) is 0. The van der Waals surface area contributed by atoms with Crippen LogP contribution in [-0.2, 0) is 19.1 Å². The SMILES string of the molecule is CCOC(=O)C(O)(Nc1ccc(C)cc1)C(=O)OCC. The van der Waals surface area contributed by atoms with Gasteiger partial charge in [-0.15, -0.1) is 0 Å². The van der Waals surface area contributed by atoms with Gasteiger partial charge in [-0.2, -0.15) is 0 Å². The predicted molar refractivity (Wildman–Crippen MR) is 73.0 cm³/mol. The number of hydrogen-bond acceptors (Lipinski definition) is 6. The fourth-order valence-corrected chi connectivity index (χ4v) is 1.50. The molecule has 1 aromatic carbocycles. The molecule has 0 saturated heterocycles. The van der Waals surface area contributed by atoms with Crippen LogP contribution in [0.2, 0.25) is 0 Å². The Morgan fingerprint density at radius 1 is 1.10 bits per heavy atom. The molecule has 6 nitrogen and oxygen atoms in total. The molecule has 0 aromatic heterocycles. The van der Waals surface area contributed by atoms with Gasteiger partial charge < -0.3 is 19.9 Å². The van der Waals surface area contributed by atoms with Crippen LogP contribution in [0.25, 0.3) is 0 Å². The first-order chi connectivity index (χ1) is 9.43. The summed E-state index contributed by atoms with van der Waals surface area (Å²) < 4.78 is 9.44. The van der Waals surface area contributed by atoms with Crippen molar-refractivity contribution in [2.75, 3.05) is 18.5 Å². The van der Waals surface area contributed by atoms with Crippen LogP contribution in [0, 0.1) is 6.92 Å². The summed E-state index contributed by atoms with van der Waals surface area (Å²) in [6.07, 6.45) is 0. The van der Waals surface area contributed by atoms with Crippen molar-refractivity contribution in [1.29, 1.82) is 0 Å². The molecule has 0 atom stereocenters. The maximum atomic E-state index is 11.8. The summed E-state index contributed by atoms with van der Waals surface area (Å²) in [5, 5.41) is 12.7. The van der Waals surface area contributed by atoms with Gasteiger partial charge in [0.15, 0.2) is 0 Å². The van der Waals surface area contributed by atoms with E-state index < -0.39 is 17.7 Å². The molecule has 0 amide bonds. The largest absolute Gasteiger partial charge is 0.462 e. The molecule has 6 heteroatoms. The highest BCUT2D eigenvalue weighted by Gasteiger charge is 2.47. The van der Waals surface area contributed by atoms with E-state index in [0.717, 1.165) is 5.56 Å². The van der Waals surface area contributed by atoms with E-state index in [1.807, 2.05) is 6.92 Å². The van der Waals surface area contributed by atoms with Crippen LogP contribution < -0.4 is 5.32 Å². The van der Waals surface area contributed by atoms with Crippen LogP contribution in [0.4, 0.5) is 5.69 Å². The number of ether oxygens (including phenoxy) is 2. The molecule has 0 aliphatic heterocycles. The van der Waals surface area contributed by atoms with E-state index in [1.54, 1.807) is 38.1 Å². The first-order valence-corrected chi connectivity index (χ1v) is 6.35. The third kappa shape index (κ3) is 3.71. The summed E-state index contributed by atoms with van der Waals surface area (Å²) in [6, 6.07) is 6.83. The number of esters is 2. The molecule has 0 aliphatic rings. The second-order valence-corrected chi connectivity index (χ2v) is 4.14. The van der Waals surface area contributed by atoms with E-state index in [2.05, 4.69) is 5.32 Å². The molecule has 1 rings (SSSR count). The van der Waals surface area contributed by atoms with E-state index in [4.69, 9.17) is 9.47 Å². The minimum atomic E-state index is -2.55. The van der Waals surface area contributed by atoms with Gasteiger partial charge in [0.2, 0.25) is 0 Å². The molecule has 1 aromatic rings. The number of anilines is 1. The standard InChI is InChI=1S/C14H19NO5/c1-4-19-12(16)14(18,13(17)20-5-2)15-11-8-6-10(3)7-9-11/h6-9,15,18H,4-5H2,1-3H3. The summed E-state index contributed by atoms with van der Waals surface area (Å²) in [5.41, 5.74) is -1.15. The molecule has 0 saturated carbocycles. The minimum absolute atomic E-state index is 0.0378. The summed E-state index contributed by atoms with van der Waals surface area (Å²) in [4.78, 5) is 23.6. The first-order valence-electron chi connectivity index (χ1n) is 6.35. The highest BCUT2D eigenvalue weighted by Crippen LogP contribution is 2.17. The fraction of sp³-hybridized carbons (Fsp3) is 0.429. The molecule has 0 fully saturated rings. The average molecular weight is 281 g/mol. The van der Waals surface area contributed by atoms with E-state index >= 15 is 0 Å². The molecular formula is C14H19NO5. The van der Waals surface area contributed by atoms with Crippen LogP contribution in [0.3, 0.4) is 0 Å². The van der Waals surface area contributed by atoms with Crippen molar-refractivity contribution in [3.8, 4) is 0 Å². The molecule has 0 aliphatic carbocycles. The second kappa shape index (κ2) is 6.91. The first kappa shape index (κ1) is 16.0. The van der Waals surface area contributed by atoms with Gasteiger partial charge in [0, 0.05) is 5.69 Å². The third-order valence-corrected chi connectivity index (χ3v) is 2.52. The topological polar surface area (TPSA) is 84.9 Å². The minimum Gasteiger partial charge on any atom is -0.462 e. The monoisotopic (exact) mass is 281 g/mol. The number of aryl methyl sites for hydroxylation is 1. The zero-order valence-corrected chi connectivity index (χ0v) is 11.8. The maximum absolute atomic E-state index is 11.8. The van der Waals surface area contributed by atoms with Crippen LogP contribution >= 0.6 is 0 Å². The Kier molecular flexibility index (Phi) is 5.52. The highest BCUT2D eigenvalue weighted by atomic mass is 16.6. The summed E-state index contributed by atoms with van der Waals surface area (Å²) in [5.74, 6) is -2.20. The van der Waals surface area contributed by atoms with Crippen molar-refractivity contribution in [3.63, 3.8) is 0 Å². The molecule has 110 valence electrons. The van der Waals surface area contributed by atoms with Gasteiger partial charge in [0.05, 0.1) is 13.2 Å². The van der Waals surface area contributed by atoms with Crippen LogP contribution in [0.15, 0.2) is 24.3 Å². The van der Waals surface area contributed by atoms with Crippen LogP contribution in [0.5, 0.6) is 0 Å². The van der Waals surface area contributed by atoms with Gasteiger partial charge in [-0.3, -0.25) is 0 Å². The Balaban J connectivity index is 3.00. The normalized spacial score (nSPS) is 10.8. The number of nitrogens with one attached hydrogen (secondary N) is 1. The molecule has 20 heavy (non-hydrogen) atoms. The van der Waals surface area contributed by atoms with Crippen molar-refractivity contribution < 1.29 is 24.2 Å². The Morgan fingerprint density at radius 2 is 1.55 bits per heavy atom. The Labute approximate surface area is 117 Å². The molecular weight excluding hydrogens is 262 g/mol. The zero-order valence-electron chi connectivity index (χ0n) is 11.8. The van der Waals surface area contributed by atoms with E-state index in [-0.39, 0.29) is 13.2 Å². The van der Waals surface area contributed by atoms with Crippen molar-refractivity contribution in [1.82, 2.24) is 0 Å².